The molecule has 0 saturated heterocycles. The van der Waals surface area contributed by atoms with E-state index in [-0.39, 0.29) is 21.4 Å². The third kappa shape index (κ3) is 4.60. The van der Waals surface area contributed by atoms with Gasteiger partial charge in [0.25, 0.3) is 5.91 Å². The molecule has 0 saturated carbocycles. The van der Waals surface area contributed by atoms with Crippen LogP contribution in [-0.2, 0) is 9.84 Å². The Morgan fingerprint density at radius 2 is 2.00 bits per heavy atom. The van der Waals surface area contributed by atoms with E-state index >= 15 is 0 Å². The van der Waals surface area contributed by atoms with E-state index in [2.05, 4.69) is 10.6 Å². The van der Waals surface area contributed by atoms with Crippen LogP contribution in [0.25, 0.3) is 0 Å². The van der Waals surface area contributed by atoms with Crippen molar-refractivity contribution in [3.63, 3.8) is 0 Å². The standard InChI is InChI=1S/C13H23N3O3S2/c1-5-6-15-12(17)10-9(14)11(21(4,18)19)13(20-10)16-7-8(2)3/h8,16H,5-7,14H2,1-4H3,(H,15,17). The Balaban J connectivity index is 3.21. The maximum atomic E-state index is 12.1. The van der Waals surface area contributed by atoms with Gasteiger partial charge in [0.2, 0.25) is 0 Å². The highest BCUT2D eigenvalue weighted by atomic mass is 32.2. The molecule has 21 heavy (non-hydrogen) atoms. The number of rotatable bonds is 7. The van der Waals surface area contributed by atoms with Gasteiger partial charge in [0, 0.05) is 19.3 Å². The zero-order valence-corrected chi connectivity index (χ0v) is 14.5. The number of carbonyl (C=O) groups excluding carboxylic acids is 1. The van der Waals surface area contributed by atoms with Gasteiger partial charge in [0.05, 0.1) is 5.69 Å². The highest BCUT2D eigenvalue weighted by Gasteiger charge is 2.26. The molecule has 1 aromatic heterocycles. The van der Waals surface area contributed by atoms with Crippen LogP contribution in [0.15, 0.2) is 4.90 Å². The van der Waals surface area contributed by atoms with Gasteiger partial charge in [-0.3, -0.25) is 4.79 Å². The van der Waals surface area contributed by atoms with Crippen LogP contribution < -0.4 is 16.4 Å². The van der Waals surface area contributed by atoms with Crippen LogP contribution in [0, 0.1) is 5.92 Å². The summed E-state index contributed by atoms with van der Waals surface area (Å²) < 4.78 is 23.8. The summed E-state index contributed by atoms with van der Waals surface area (Å²) in [7, 11) is -3.50. The van der Waals surface area contributed by atoms with Crippen molar-refractivity contribution in [3.8, 4) is 0 Å². The number of amides is 1. The van der Waals surface area contributed by atoms with Crippen LogP contribution in [0.3, 0.4) is 0 Å². The van der Waals surface area contributed by atoms with Gasteiger partial charge in [0.15, 0.2) is 9.84 Å². The van der Waals surface area contributed by atoms with Crippen molar-refractivity contribution in [2.24, 2.45) is 5.92 Å². The van der Waals surface area contributed by atoms with Crippen LogP contribution >= 0.6 is 11.3 Å². The lowest BCUT2D eigenvalue weighted by Crippen LogP contribution is -2.24. The van der Waals surface area contributed by atoms with Gasteiger partial charge in [-0.15, -0.1) is 11.3 Å². The first kappa shape index (κ1) is 17.8. The molecule has 120 valence electrons. The number of sulfone groups is 1. The lowest BCUT2D eigenvalue weighted by atomic mass is 10.2. The predicted molar refractivity (Wildman–Crippen MR) is 87.8 cm³/mol. The average Bonchev–Trinajstić information content (AvgIpc) is 2.70. The molecule has 0 aromatic carbocycles. The zero-order valence-electron chi connectivity index (χ0n) is 12.8. The summed E-state index contributed by atoms with van der Waals surface area (Å²) in [6.07, 6.45) is 1.90. The molecule has 0 aliphatic rings. The summed E-state index contributed by atoms with van der Waals surface area (Å²) in [5.74, 6) is 0.0138. The molecule has 1 rings (SSSR count). The molecule has 0 radical (unpaired) electrons. The second-order valence-electron chi connectivity index (χ2n) is 5.31. The maximum Gasteiger partial charge on any atom is 0.263 e. The summed E-state index contributed by atoms with van der Waals surface area (Å²) in [6.45, 7) is 7.10. The smallest absolute Gasteiger partial charge is 0.263 e. The van der Waals surface area contributed by atoms with Crippen molar-refractivity contribution >= 4 is 37.8 Å². The fourth-order valence-electron chi connectivity index (χ4n) is 1.70. The first-order valence-corrected chi connectivity index (χ1v) is 9.53. The molecule has 0 spiro atoms. The van der Waals surface area contributed by atoms with E-state index < -0.39 is 9.84 Å². The summed E-state index contributed by atoms with van der Waals surface area (Å²) >= 11 is 1.09. The van der Waals surface area contributed by atoms with Crippen molar-refractivity contribution in [1.29, 1.82) is 0 Å². The molecule has 0 aliphatic heterocycles. The van der Waals surface area contributed by atoms with E-state index in [4.69, 9.17) is 5.73 Å². The second-order valence-corrected chi connectivity index (χ2v) is 8.28. The first-order valence-electron chi connectivity index (χ1n) is 6.82. The Labute approximate surface area is 130 Å². The van der Waals surface area contributed by atoms with Crippen LogP contribution in [0.5, 0.6) is 0 Å². The van der Waals surface area contributed by atoms with Crippen LogP contribution in [-0.4, -0.2) is 33.7 Å². The monoisotopic (exact) mass is 333 g/mol. The van der Waals surface area contributed by atoms with E-state index in [1.54, 1.807) is 0 Å². The van der Waals surface area contributed by atoms with Gasteiger partial charge in [0.1, 0.15) is 14.8 Å². The largest absolute Gasteiger partial charge is 0.396 e. The van der Waals surface area contributed by atoms with Gasteiger partial charge >= 0.3 is 0 Å². The SMILES string of the molecule is CCCNC(=O)c1sc(NCC(C)C)c(S(C)(=O)=O)c1N. The Morgan fingerprint density at radius 1 is 1.38 bits per heavy atom. The number of hydrogen-bond donors (Lipinski definition) is 3. The van der Waals surface area contributed by atoms with Crippen molar-refractivity contribution < 1.29 is 13.2 Å². The number of anilines is 2. The Morgan fingerprint density at radius 3 is 2.48 bits per heavy atom. The highest BCUT2D eigenvalue weighted by Crippen LogP contribution is 2.39. The van der Waals surface area contributed by atoms with Crippen molar-refractivity contribution in [2.45, 2.75) is 32.1 Å². The molecule has 0 atom stereocenters. The number of nitrogens with two attached hydrogens (primary N) is 1. The lowest BCUT2D eigenvalue weighted by Gasteiger charge is -2.08. The molecule has 8 heteroatoms. The summed E-state index contributed by atoms with van der Waals surface area (Å²) in [5, 5.41) is 6.22. The molecule has 4 N–H and O–H groups in total. The Hall–Kier alpha value is -1.28. The number of thiophene rings is 1. The van der Waals surface area contributed by atoms with Gasteiger partial charge in [-0.1, -0.05) is 20.8 Å². The summed E-state index contributed by atoms with van der Waals surface area (Å²) in [4.78, 5) is 12.3. The number of hydrogen-bond acceptors (Lipinski definition) is 6. The predicted octanol–water partition coefficient (Wildman–Crippen LogP) is 1.94. The number of nitrogen functional groups attached to an aromatic ring is 1. The van der Waals surface area contributed by atoms with Crippen LogP contribution in [0.1, 0.15) is 36.9 Å². The topological polar surface area (TPSA) is 101 Å². The first-order chi connectivity index (χ1) is 9.68. The maximum absolute atomic E-state index is 12.1. The Bertz CT molecular complexity index is 606. The fraction of sp³-hybridized carbons (Fsp3) is 0.615. The third-order valence-corrected chi connectivity index (χ3v) is 5.14. The third-order valence-electron chi connectivity index (χ3n) is 2.68. The molecular formula is C13H23N3O3S2. The molecule has 0 fully saturated rings. The van der Waals surface area contributed by atoms with Gasteiger partial charge in [-0.2, -0.15) is 0 Å². The number of nitrogens with one attached hydrogen (secondary N) is 2. The van der Waals surface area contributed by atoms with Gasteiger partial charge in [-0.25, -0.2) is 8.42 Å². The van der Waals surface area contributed by atoms with Crippen molar-refractivity contribution in [1.82, 2.24) is 5.32 Å². The molecule has 0 aliphatic carbocycles. The minimum absolute atomic E-state index is 0.0230. The van der Waals surface area contributed by atoms with Crippen LogP contribution in [0.2, 0.25) is 0 Å². The Kier molecular flexibility index (Phi) is 6.03. The van der Waals surface area contributed by atoms with E-state index in [1.807, 2.05) is 20.8 Å². The highest BCUT2D eigenvalue weighted by molar-refractivity contribution is 7.91. The van der Waals surface area contributed by atoms with Gasteiger partial charge < -0.3 is 16.4 Å². The average molecular weight is 333 g/mol. The minimum Gasteiger partial charge on any atom is -0.396 e. The molecule has 1 aromatic rings. The normalized spacial score (nSPS) is 11.7. The molecular weight excluding hydrogens is 310 g/mol. The van der Waals surface area contributed by atoms with E-state index in [0.29, 0.717) is 24.0 Å². The minimum atomic E-state index is -3.50. The van der Waals surface area contributed by atoms with E-state index in [0.717, 1.165) is 24.0 Å². The fourth-order valence-corrected chi connectivity index (χ4v) is 4.19. The summed E-state index contributed by atoms with van der Waals surface area (Å²) in [5.41, 5.74) is 5.93. The van der Waals surface area contributed by atoms with Gasteiger partial charge in [-0.05, 0) is 12.3 Å². The van der Waals surface area contributed by atoms with Crippen molar-refractivity contribution in [3.05, 3.63) is 4.88 Å². The van der Waals surface area contributed by atoms with Crippen molar-refractivity contribution in [2.75, 3.05) is 30.4 Å². The second kappa shape index (κ2) is 7.13. The molecule has 1 amide bonds. The molecule has 0 unspecified atom stereocenters. The molecule has 6 nitrogen and oxygen atoms in total. The lowest BCUT2D eigenvalue weighted by molar-refractivity contribution is 0.0958. The number of carbonyl (C=O) groups is 1. The zero-order chi connectivity index (χ0) is 16.2. The van der Waals surface area contributed by atoms with E-state index in [9.17, 15) is 13.2 Å². The summed E-state index contributed by atoms with van der Waals surface area (Å²) in [6, 6.07) is 0. The quantitative estimate of drug-likeness (QED) is 0.708. The van der Waals surface area contributed by atoms with E-state index in [1.165, 1.54) is 0 Å². The molecule has 1 heterocycles. The van der Waals surface area contributed by atoms with Crippen LogP contribution in [0.4, 0.5) is 10.7 Å². The molecule has 0 bridgehead atoms.